The second-order valence-corrected chi connectivity index (χ2v) is 17.2. The standard InChI is InChI=1S/C10H20N2.C9H19N3.C6H13N3.C6H12N2O.C5H11NO.C5H11NS/c1-8(2)7-10-5-4-6-12(10)9(3)11;1-7(2)5-8-3-4-12(6-8)9(10)11;1-5(2)4-8-9-6(3)7;1-4(2)6(9)8-5(3)7;2*1-4(2)6-5(3)7/h8,10-11H,4-7H2,1-3H3;7-8H,3-6H2,1-2H3,(H3,10,11);4-5H,1-3H3,(H2,7,9);4H,1-3H3,(H2,7,8,9);2*4H,1-3H3,(H,6,7)/b;;8-4+;;;. The number of thiocarbonyl (C=S) groups is 1. The van der Waals surface area contributed by atoms with Crippen molar-refractivity contribution < 1.29 is 9.59 Å². The molecule has 0 saturated carbocycles. The first kappa shape index (κ1) is 59.1. The number of hydrogen-bond donors (Lipinski definition) is 8. The van der Waals surface area contributed by atoms with E-state index in [2.05, 4.69) is 72.6 Å². The Morgan fingerprint density at radius 1 is 0.804 bits per heavy atom. The fourth-order valence-corrected chi connectivity index (χ4v) is 5.61. The highest BCUT2D eigenvalue weighted by molar-refractivity contribution is 7.80. The summed E-state index contributed by atoms with van der Waals surface area (Å²) in [7, 11) is 0. The third-order valence-corrected chi connectivity index (χ3v) is 7.50. The average Bonchev–Trinajstić information content (AvgIpc) is 3.66. The molecular formula is C41H86N12O2S. The fraction of sp³-hybridized carbons (Fsp3) is 0.805. The summed E-state index contributed by atoms with van der Waals surface area (Å²) in [4.78, 5) is 25.9. The van der Waals surface area contributed by atoms with Crippen molar-refractivity contribution in [1.82, 2.24) is 25.8 Å². The lowest BCUT2D eigenvalue weighted by Crippen LogP contribution is -2.34. The zero-order chi connectivity index (χ0) is 44.7. The number of carbonyl (C=O) groups is 2. The molecule has 0 aromatic heterocycles. The first-order valence-electron chi connectivity index (χ1n) is 20.3. The Morgan fingerprint density at radius 3 is 1.59 bits per heavy atom. The molecule has 0 bridgehead atoms. The first-order chi connectivity index (χ1) is 25.6. The highest BCUT2D eigenvalue weighted by Gasteiger charge is 2.25. The minimum Gasteiger partial charge on any atom is -0.386 e. The van der Waals surface area contributed by atoms with Crippen LogP contribution in [0.3, 0.4) is 0 Å². The van der Waals surface area contributed by atoms with Crippen molar-refractivity contribution in [3.8, 4) is 0 Å². The van der Waals surface area contributed by atoms with E-state index in [1.165, 1.54) is 39.0 Å². The summed E-state index contributed by atoms with van der Waals surface area (Å²) in [5.74, 6) is 4.31. The molecule has 2 aliphatic heterocycles. The van der Waals surface area contributed by atoms with Gasteiger partial charge < -0.3 is 37.2 Å². The fourth-order valence-electron chi connectivity index (χ4n) is 5.38. The lowest BCUT2D eigenvalue weighted by molar-refractivity contribution is -0.122. The van der Waals surface area contributed by atoms with Crippen LogP contribution in [-0.2, 0) is 9.59 Å². The van der Waals surface area contributed by atoms with Crippen molar-refractivity contribution >= 4 is 58.7 Å². The highest BCUT2D eigenvalue weighted by Crippen LogP contribution is 2.23. The number of rotatable bonds is 9. The van der Waals surface area contributed by atoms with Crippen LogP contribution in [0, 0.1) is 45.8 Å². The summed E-state index contributed by atoms with van der Waals surface area (Å²) in [5.41, 5.74) is 10.6. The molecule has 2 rings (SSSR count). The van der Waals surface area contributed by atoms with E-state index in [9.17, 15) is 9.59 Å². The topological polar surface area (TPSA) is 225 Å². The molecule has 2 atom stereocenters. The van der Waals surface area contributed by atoms with E-state index in [0.717, 1.165) is 48.2 Å². The Hall–Kier alpha value is -3.62. The molecule has 2 fully saturated rings. The number of nitrogens with one attached hydrogen (secondary N) is 6. The molecule has 2 heterocycles. The van der Waals surface area contributed by atoms with Crippen molar-refractivity contribution in [3.63, 3.8) is 0 Å². The molecule has 0 aromatic rings. The number of hydrogen-bond acceptors (Lipinski definition) is 8. The van der Waals surface area contributed by atoms with E-state index < -0.39 is 0 Å². The zero-order valence-electron chi connectivity index (χ0n) is 38.5. The van der Waals surface area contributed by atoms with Gasteiger partial charge in [0.1, 0.15) is 5.84 Å². The average molecular weight is 811 g/mol. The predicted octanol–water partition coefficient (Wildman–Crippen LogP) is 7.37. The van der Waals surface area contributed by atoms with Gasteiger partial charge in [0.05, 0.1) is 16.7 Å². The SMILES string of the molecule is CC(=N)N1CCCC1CC(C)C.CC(=N)NC(=O)C(C)C.CC(=O)NC(C)C.CC(=S)NC(C)C.CC(C)CC1CCN(C(=N)N)C1.CC(N)=N/N=C/C(C)C. The van der Waals surface area contributed by atoms with Gasteiger partial charge in [0.25, 0.3) is 0 Å². The number of likely N-dealkylation sites (tertiary alicyclic amines) is 2. The molecule has 2 aliphatic rings. The second kappa shape index (κ2) is 34.6. The summed E-state index contributed by atoms with van der Waals surface area (Å²) in [6.45, 7) is 36.3. The van der Waals surface area contributed by atoms with Gasteiger partial charge in [0.2, 0.25) is 11.8 Å². The highest BCUT2D eigenvalue weighted by atomic mass is 32.1. The lowest BCUT2D eigenvalue weighted by Gasteiger charge is -2.26. The van der Waals surface area contributed by atoms with E-state index in [0.29, 0.717) is 23.8 Å². The summed E-state index contributed by atoms with van der Waals surface area (Å²) < 4.78 is 0. The van der Waals surface area contributed by atoms with Gasteiger partial charge in [0.15, 0.2) is 5.96 Å². The number of guanidine groups is 1. The molecule has 0 aromatic carbocycles. The van der Waals surface area contributed by atoms with Crippen LogP contribution >= 0.6 is 12.2 Å². The zero-order valence-corrected chi connectivity index (χ0v) is 39.3. The molecule has 2 unspecified atom stereocenters. The number of amidine groups is 3. The van der Waals surface area contributed by atoms with Crippen molar-refractivity contribution in [1.29, 1.82) is 16.2 Å². The molecule has 0 spiro atoms. The largest absolute Gasteiger partial charge is 0.386 e. The van der Waals surface area contributed by atoms with Crippen LogP contribution in [0.1, 0.15) is 150 Å². The van der Waals surface area contributed by atoms with Crippen LogP contribution < -0.4 is 27.4 Å². The summed E-state index contributed by atoms with van der Waals surface area (Å²) >= 11 is 4.76. The van der Waals surface area contributed by atoms with Crippen molar-refractivity contribution in [2.45, 2.75) is 168 Å². The Labute approximate surface area is 348 Å². The molecule has 328 valence electrons. The number of amides is 2. The van der Waals surface area contributed by atoms with Crippen molar-refractivity contribution in [2.24, 2.45) is 51.3 Å². The molecule has 56 heavy (non-hydrogen) atoms. The molecule has 0 radical (unpaired) electrons. The molecular weight excluding hydrogens is 725 g/mol. The predicted molar refractivity (Wildman–Crippen MR) is 246 cm³/mol. The van der Waals surface area contributed by atoms with Gasteiger partial charge in [-0.05, 0) is 111 Å². The van der Waals surface area contributed by atoms with Crippen LogP contribution in [0.15, 0.2) is 10.2 Å². The minimum absolute atomic E-state index is 0.0368. The Morgan fingerprint density at radius 2 is 1.32 bits per heavy atom. The monoisotopic (exact) mass is 811 g/mol. The number of nitrogens with two attached hydrogens (primary N) is 2. The van der Waals surface area contributed by atoms with Gasteiger partial charge in [-0.1, -0.05) is 67.6 Å². The van der Waals surface area contributed by atoms with E-state index in [1.54, 1.807) is 33.9 Å². The third kappa shape index (κ3) is 43.1. The van der Waals surface area contributed by atoms with Crippen LogP contribution in [0.4, 0.5) is 0 Å². The van der Waals surface area contributed by atoms with Crippen LogP contribution in [0.5, 0.6) is 0 Å². The summed E-state index contributed by atoms with van der Waals surface area (Å²) in [6, 6.07) is 1.41. The van der Waals surface area contributed by atoms with Gasteiger partial charge in [-0.3, -0.25) is 25.8 Å². The molecule has 0 aliphatic carbocycles. The maximum absolute atomic E-state index is 10.7. The third-order valence-electron chi connectivity index (χ3n) is 7.38. The molecule has 15 heteroatoms. The molecule has 14 nitrogen and oxygen atoms in total. The van der Waals surface area contributed by atoms with E-state index >= 15 is 0 Å². The second-order valence-electron chi connectivity index (χ2n) is 16.5. The van der Waals surface area contributed by atoms with E-state index in [-0.39, 0.29) is 35.6 Å². The summed E-state index contributed by atoms with van der Waals surface area (Å²) in [6.07, 6.45) is 8.02. The summed E-state index contributed by atoms with van der Waals surface area (Å²) in [5, 5.41) is 37.2. The van der Waals surface area contributed by atoms with Gasteiger partial charge in [-0.15, -0.1) is 5.10 Å². The molecule has 2 amide bonds. The lowest BCUT2D eigenvalue weighted by atomic mass is 9.97. The number of carbonyl (C=O) groups excluding carboxylic acids is 2. The Bertz CT molecular complexity index is 1160. The minimum atomic E-state index is -0.0949. The van der Waals surface area contributed by atoms with Crippen LogP contribution in [0.2, 0.25) is 0 Å². The Kier molecular flexibility index (Phi) is 36.5. The molecule has 2 saturated heterocycles. The van der Waals surface area contributed by atoms with Crippen LogP contribution in [0.25, 0.3) is 0 Å². The van der Waals surface area contributed by atoms with E-state index in [1.807, 2.05) is 46.4 Å². The smallest absolute Gasteiger partial charge is 0.227 e. The van der Waals surface area contributed by atoms with E-state index in [4.69, 9.17) is 39.9 Å². The van der Waals surface area contributed by atoms with Crippen LogP contribution in [-0.4, -0.2) is 94.0 Å². The first-order valence-corrected chi connectivity index (χ1v) is 20.7. The van der Waals surface area contributed by atoms with Gasteiger partial charge in [0, 0.05) is 56.8 Å². The molecule has 10 N–H and O–H groups in total. The normalized spacial score (nSPS) is 16.1. The quantitative estimate of drug-likeness (QED) is 0.0507. The number of nitrogens with zero attached hydrogens (tertiary/aromatic N) is 4. The van der Waals surface area contributed by atoms with Gasteiger partial charge in [-0.2, -0.15) is 5.10 Å². The van der Waals surface area contributed by atoms with Gasteiger partial charge in [-0.25, -0.2) is 0 Å². The van der Waals surface area contributed by atoms with Gasteiger partial charge >= 0.3 is 0 Å². The van der Waals surface area contributed by atoms with Crippen molar-refractivity contribution in [2.75, 3.05) is 19.6 Å². The maximum Gasteiger partial charge on any atom is 0.227 e. The Balaban J connectivity index is -0.000000294. The van der Waals surface area contributed by atoms with Crippen molar-refractivity contribution in [3.05, 3.63) is 0 Å². The maximum atomic E-state index is 10.7.